The Morgan fingerprint density at radius 1 is 1.27 bits per heavy atom. The van der Waals surface area contributed by atoms with Crippen LogP contribution in [-0.2, 0) is 11.8 Å². The summed E-state index contributed by atoms with van der Waals surface area (Å²) in [7, 11) is 1.82. The van der Waals surface area contributed by atoms with E-state index in [1.807, 2.05) is 13.1 Å². The van der Waals surface area contributed by atoms with Crippen LogP contribution in [0.2, 0.25) is 0 Å². The zero-order valence-corrected chi connectivity index (χ0v) is 20.3. The summed E-state index contributed by atoms with van der Waals surface area (Å²) in [5, 5.41) is 9.74. The van der Waals surface area contributed by atoms with Crippen molar-refractivity contribution in [1.82, 2.24) is 14.5 Å². The number of carbonyl (C=O) groups excluding carboxylic acids is 1. The first-order chi connectivity index (χ1) is 15.5. The highest BCUT2D eigenvalue weighted by Gasteiger charge is 2.32. The number of hydrogen-bond donors (Lipinski definition) is 2. The second-order valence-electron chi connectivity index (χ2n) is 10.7. The lowest BCUT2D eigenvalue weighted by Gasteiger charge is -2.39. The number of amides is 1. The zero-order chi connectivity index (χ0) is 23.9. The number of hydrogen-bond acceptors (Lipinski definition) is 4. The van der Waals surface area contributed by atoms with Crippen LogP contribution in [-0.4, -0.2) is 51.2 Å². The molecule has 2 aliphatic heterocycles. The predicted octanol–water partition coefficient (Wildman–Crippen LogP) is 3.42. The standard InChI is InChI=1S/C26H36N4O3/c1-17(31)24(32)29-13-7-10-20(15-29)18-8-6-9-19(14-18)22-12-11-21-23(28(5)25(33)27-21)30(22)16-26(2,3)4/h6,8-9,11-12,14,17,20,22,31H,7,10,13,15-16H2,1-5H3,(H,27,33). The Hall–Kier alpha value is -2.80. The smallest absolute Gasteiger partial charge is 0.327 e. The van der Waals surface area contributed by atoms with Gasteiger partial charge in [0.15, 0.2) is 0 Å². The number of anilines is 1. The van der Waals surface area contributed by atoms with Gasteiger partial charge in [0.05, 0.1) is 11.7 Å². The Kier molecular flexibility index (Phi) is 6.27. The average Bonchev–Trinajstić information content (AvgIpc) is 3.06. The van der Waals surface area contributed by atoms with Crippen molar-refractivity contribution in [3.05, 3.63) is 57.6 Å². The molecular formula is C26H36N4O3. The molecular weight excluding hydrogens is 416 g/mol. The number of likely N-dealkylation sites (tertiary alicyclic amines) is 1. The van der Waals surface area contributed by atoms with E-state index in [9.17, 15) is 14.7 Å². The van der Waals surface area contributed by atoms with Crippen LogP contribution in [0.3, 0.4) is 0 Å². The number of rotatable bonds is 4. The molecule has 3 atom stereocenters. The third kappa shape index (κ3) is 4.78. The summed E-state index contributed by atoms with van der Waals surface area (Å²) >= 11 is 0. The van der Waals surface area contributed by atoms with Crippen LogP contribution in [0.1, 0.15) is 69.3 Å². The second-order valence-corrected chi connectivity index (χ2v) is 10.7. The number of aliphatic hydroxyl groups excluding tert-OH is 1. The van der Waals surface area contributed by atoms with Crippen LogP contribution >= 0.6 is 0 Å². The SMILES string of the molecule is CC(O)C(=O)N1CCCC(c2cccc(C3C=Cc4[nH]c(=O)n(C)c4N3CC(C)(C)C)c2)C1. The van der Waals surface area contributed by atoms with Gasteiger partial charge in [0.25, 0.3) is 5.91 Å². The minimum absolute atomic E-state index is 0.0110. The molecule has 0 spiro atoms. The zero-order valence-electron chi connectivity index (χ0n) is 20.3. The number of benzene rings is 1. The van der Waals surface area contributed by atoms with Crippen LogP contribution in [0.4, 0.5) is 5.82 Å². The maximum atomic E-state index is 12.4. The van der Waals surface area contributed by atoms with Gasteiger partial charge in [0.1, 0.15) is 11.9 Å². The predicted molar refractivity (Wildman–Crippen MR) is 131 cm³/mol. The number of nitrogens with zero attached hydrogens (tertiary/aromatic N) is 3. The Labute approximate surface area is 195 Å². The number of H-pyrrole nitrogens is 1. The Morgan fingerprint density at radius 2 is 2.00 bits per heavy atom. The van der Waals surface area contributed by atoms with E-state index in [0.29, 0.717) is 13.1 Å². The fourth-order valence-corrected chi connectivity index (χ4v) is 5.10. The normalized spacial score (nSPS) is 21.8. The number of carbonyl (C=O) groups is 1. The summed E-state index contributed by atoms with van der Waals surface area (Å²) in [6, 6.07) is 8.64. The molecule has 1 aromatic heterocycles. The van der Waals surface area contributed by atoms with E-state index in [4.69, 9.17) is 0 Å². The van der Waals surface area contributed by atoms with Crippen molar-refractivity contribution in [2.45, 2.75) is 58.6 Å². The highest BCUT2D eigenvalue weighted by atomic mass is 16.3. The molecule has 0 radical (unpaired) electrons. The van der Waals surface area contributed by atoms with E-state index in [1.54, 1.807) is 9.47 Å². The molecule has 1 amide bonds. The van der Waals surface area contributed by atoms with Gasteiger partial charge in [-0.2, -0.15) is 0 Å². The van der Waals surface area contributed by atoms with E-state index in [-0.39, 0.29) is 29.0 Å². The summed E-state index contributed by atoms with van der Waals surface area (Å²) in [6.45, 7) is 10.3. The summed E-state index contributed by atoms with van der Waals surface area (Å²) in [6.07, 6.45) is 5.16. The number of fused-ring (bicyclic) bond motifs is 1. The molecule has 7 heteroatoms. The van der Waals surface area contributed by atoms with Gasteiger partial charge in [0.2, 0.25) is 0 Å². The third-order valence-corrected chi connectivity index (χ3v) is 6.62. The first kappa shape index (κ1) is 23.4. The van der Waals surface area contributed by atoms with Gasteiger partial charge in [-0.05, 0) is 42.4 Å². The summed E-state index contributed by atoms with van der Waals surface area (Å²) in [4.78, 5) is 31.8. The third-order valence-electron chi connectivity index (χ3n) is 6.62. The van der Waals surface area contributed by atoms with Crippen molar-refractivity contribution in [1.29, 1.82) is 0 Å². The Bertz CT molecular complexity index is 1110. The number of imidazole rings is 1. The molecule has 3 unspecified atom stereocenters. The molecule has 0 bridgehead atoms. The van der Waals surface area contributed by atoms with Crippen LogP contribution in [0.5, 0.6) is 0 Å². The van der Waals surface area contributed by atoms with Crippen molar-refractivity contribution in [2.75, 3.05) is 24.5 Å². The fraction of sp³-hybridized carbons (Fsp3) is 0.538. The van der Waals surface area contributed by atoms with E-state index < -0.39 is 6.10 Å². The van der Waals surface area contributed by atoms with Gasteiger partial charge in [-0.1, -0.05) is 51.1 Å². The number of aliphatic hydroxyl groups is 1. The van der Waals surface area contributed by atoms with Crippen molar-refractivity contribution in [3.8, 4) is 0 Å². The first-order valence-electron chi connectivity index (χ1n) is 11.9. The average molecular weight is 453 g/mol. The van der Waals surface area contributed by atoms with E-state index >= 15 is 0 Å². The van der Waals surface area contributed by atoms with Gasteiger partial charge < -0.3 is 19.9 Å². The summed E-state index contributed by atoms with van der Waals surface area (Å²) < 4.78 is 1.70. The fourth-order valence-electron chi connectivity index (χ4n) is 5.10. The van der Waals surface area contributed by atoms with Crippen molar-refractivity contribution < 1.29 is 9.90 Å². The molecule has 7 nitrogen and oxygen atoms in total. The van der Waals surface area contributed by atoms with Gasteiger partial charge in [-0.25, -0.2) is 4.79 Å². The summed E-state index contributed by atoms with van der Waals surface area (Å²) in [5.74, 6) is 0.972. The molecule has 4 rings (SSSR count). The topological polar surface area (TPSA) is 81.6 Å². The Morgan fingerprint density at radius 3 is 2.70 bits per heavy atom. The quantitative estimate of drug-likeness (QED) is 0.745. The molecule has 0 aliphatic carbocycles. The molecule has 178 valence electrons. The number of piperidine rings is 1. The minimum Gasteiger partial charge on any atom is -0.384 e. The van der Waals surface area contributed by atoms with E-state index in [1.165, 1.54) is 18.1 Å². The van der Waals surface area contributed by atoms with Crippen molar-refractivity contribution in [2.24, 2.45) is 12.5 Å². The minimum atomic E-state index is -0.962. The molecule has 2 aliphatic rings. The Balaban J connectivity index is 1.66. The molecule has 3 heterocycles. The van der Waals surface area contributed by atoms with Crippen LogP contribution in [0, 0.1) is 5.41 Å². The number of aromatic amines is 1. The monoisotopic (exact) mass is 452 g/mol. The maximum absolute atomic E-state index is 12.4. The lowest BCUT2D eigenvalue weighted by atomic mass is 9.87. The van der Waals surface area contributed by atoms with Crippen molar-refractivity contribution in [3.63, 3.8) is 0 Å². The van der Waals surface area contributed by atoms with E-state index in [0.717, 1.165) is 30.9 Å². The van der Waals surface area contributed by atoms with E-state index in [2.05, 4.69) is 61.0 Å². The highest BCUT2D eigenvalue weighted by molar-refractivity contribution is 5.80. The molecule has 33 heavy (non-hydrogen) atoms. The van der Waals surface area contributed by atoms with Crippen LogP contribution in [0.25, 0.3) is 6.08 Å². The molecule has 0 saturated carbocycles. The second kappa shape index (κ2) is 8.86. The molecule has 2 N–H and O–H groups in total. The number of aromatic nitrogens is 2. The van der Waals surface area contributed by atoms with Gasteiger partial charge >= 0.3 is 5.69 Å². The van der Waals surface area contributed by atoms with Crippen LogP contribution in [0.15, 0.2) is 35.1 Å². The van der Waals surface area contributed by atoms with Gasteiger partial charge in [-0.3, -0.25) is 9.36 Å². The molecule has 1 saturated heterocycles. The molecule has 1 fully saturated rings. The van der Waals surface area contributed by atoms with Gasteiger partial charge in [-0.15, -0.1) is 0 Å². The van der Waals surface area contributed by atoms with Gasteiger partial charge in [0, 0.05) is 32.6 Å². The maximum Gasteiger partial charge on any atom is 0.327 e. The molecule has 2 aromatic rings. The largest absolute Gasteiger partial charge is 0.384 e. The number of nitrogens with one attached hydrogen (secondary N) is 1. The molecule has 1 aromatic carbocycles. The van der Waals surface area contributed by atoms with Crippen molar-refractivity contribution >= 4 is 17.8 Å². The lowest BCUT2D eigenvalue weighted by Crippen LogP contribution is -2.43. The first-order valence-corrected chi connectivity index (χ1v) is 11.9. The highest BCUT2D eigenvalue weighted by Crippen LogP contribution is 2.38. The summed E-state index contributed by atoms with van der Waals surface area (Å²) in [5.41, 5.74) is 3.16. The lowest BCUT2D eigenvalue weighted by molar-refractivity contribution is -0.140. The van der Waals surface area contributed by atoms with Crippen LogP contribution < -0.4 is 10.6 Å².